The van der Waals surface area contributed by atoms with Crippen molar-refractivity contribution in [3.63, 3.8) is 0 Å². The van der Waals surface area contributed by atoms with Crippen LogP contribution in [0.15, 0.2) is 102 Å². The number of carboxylic acid groups (broad SMARTS) is 1. The number of rotatable bonds is 17. The maximum atomic E-state index is 12.8. The second kappa shape index (κ2) is 22.6. The third-order valence-corrected chi connectivity index (χ3v) is 7.78. The zero-order valence-electron chi connectivity index (χ0n) is 31.6. The van der Waals surface area contributed by atoms with Crippen LogP contribution in [0.5, 0.6) is 0 Å². The van der Waals surface area contributed by atoms with Crippen LogP contribution < -0.4 is 37.7 Å². The molecule has 0 saturated heterocycles. The van der Waals surface area contributed by atoms with Gasteiger partial charge in [-0.2, -0.15) is 9.97 Å². The number of carbonyl (C=O) groups is 5. The summed E-state index contributed by atoms with van der Waals surface area (Å²) in [6.07, 6.45) is -0.0546. The predicted octanol–water partition coefficient (Wildman–Crippen LogP) is 3.19. The second-order valence-electron chi connectivity index (χ2n) is 12.3. The molecule has 2 aromatic heterocycles. The number of aliphatic imine (C=N–C) groups is 1. The number of amides is 4. The number of carboxylic acids is 1. The number of ether oxygens (including phenoxy) is 3. The van der Waals surface area contributed by atoms with Gasteiger partial charge in [0.15, 0.2) is 17.0 Å². The summed E-state index contributed by atoms with van der Waals surface area (Å²) in [5, 5.41) is 16.9. The highest BCUT2D eigenvalue weighted by molar-refractivity contribution is 5.94. The van der Waals surface area contributed by atoms with E-state index in [1.165, 1.54) is 10.9 Å². The third-order valence-electron chi connectivity index (χ3n) is 7.78. The Morgan fingerprint density at radius 1 is 0.678 bits per heavy atom. The molecule has 2 heterocycles. The Bertz CT molecular complexity index is 2130. The topological polar surface area (TPSA) is 273 Å². The molecule has 308 valence electrons. The van der Waals surface area contributed by atoms with E-state index in [-0.39, 0.29) is 61.8 Å². The van der Waals surface area contributed by atoms with Crippen LogP contribution in [0.25, 0.3) is 11.2 Å². The van der Waals surface area contributed by atoms with Crippen LogP contribution in [0, 0.1) is 0 Å². The normalized spacial score (nSPS) is 10.4. The number of nitrogens with zero attached hydrogens (tertiary/aromatic N) is 5. The molecule has 59 heavy (non-hydrogen) atoms. The molecule has 0 aliphatic carbocycles. The first-order chi connectivity index (χ1) is 28.7. The smallest absolute Gasteiger partial charge is 0.426 e. The third kappa shape index (κ3) is 14.9. The van der Waals surface area contributed by atoms with Crippen LogP contribution in [-0.2, 0) is 50.2 Å². The fourth-order valence-corrected chi connectivity index (χ4v) is 4.94. The Morgan fingerprint density at radius 3 is 1.76 bits per heavy atom. The summed E-state index contributed by atoms with van der Waals surface area (Å²) >= 11 is 0. The van der Waals surface area contributed by atoms with E-state index in [4.69, 9.17) is 19.3 Å². The largest absolute Gasteiger partial charge is 0.480 e. The fraction of sp³-hybridized carbons (Fsp3) is 0.237. The molecule has 8 N–H and O–H groups in total. The Hall–Kier alpha value is -7.97. The molecule has 0 unspecified atom stereocenters. The molecule has 0 bridgehead atoms. The molecule has 0 radical (unpaired) electrons. The van der Waals surface area contributed by atoms with Gasteiger partial charge in [0.05, 0.1) is 6.33 Å². The van der Waals surface area contributed by atoms with Crippen LogP contribution in [0.3, 0.4) is 0 Å². The van der Waals surface area contributed by atoms with Gasteiger partial charge in [-0.1, -0.05) is 91.0 Å². The molecule has 5 aromatic rings. The van der Waals surface area contributed by atoms with E-state index in [2.05, 4.69) is 57.6 Å². The number of hydrogen-bond acceptors (Lipinski definition) is 13. The summed E-state index contributed by atoms with van der Waals surface area (Å²) in [6.45, 7) is -0.263. The maximum Gasteiger partial charge on any atom is 0.426 e. The lowest BCUT2D eigenvalue weighted by Crippen LogP contribution is -2.53. The van der Waals surface area contributed by atoms with Gasteiger partial charge < -0.3 is 34.5 Å². The number of nitrogens with one attached hydrogen (secondary N) is 7. The quantitative estimate of drug-likeness (QED) is 0.0220. The van der Waals surface area contributed by atoms with Crippen molar-refractivity contribution < 1.29 is 43.3 Å². The summed E-state index contributed by atoms with van der Waals surface area (Å²) < 4.78 is 17.2. The molecule has 0 spiro atoms. The highest BCUT2D eigenvalue weighted by Gasteiger charge is 2.18. The number of aliphatic carboxylic acids is 1. The van der Waals surface area contributed by atoms with Crippen molar-refractivity contribution in [2.24, 2.45) is 4.99 Å². The molecule has 0 aliphatic heterocycles. The summed E-state index contributed by atoms with van der Waals surface area (Å²) in [4.78, 5) is 78.3. The zero-order chi connectivity index (χ0) is 41.7. The van der Waals surface area contributed by atoms with Gasteiger partial charge in [0, 0.05) is 13.1 Å². The molecular formula is C38H42N12O9. The molecule has 0 atom stereocenters. The van der Waals surface area contributed by atoms with Gasteiger partial charge in [-0.05, 0) is 29.5 Å². The number of unbranched alkanes of at least 4 members (excludes halogenated alkanes) is 1. The van der Waals surface area contributed by atoms with Gasteiger partial charge in [0.2, 0.25) is 17.8 Å². The van der Waals surface area contributed by atoms with Crippen molar-refractivity contribution in [1.82, 2.24) is 46.5 Å². The molecular weight excluding hydrogens is 768 g/mol. The first kappa shape index (κ1) is 42.2. The molecule has 5 rings (SSSR count). The fourth-order valence-electron chi connectivity index (χ4n) is 4.94. The van der Waals surface area contributed by atoms with E-state index in [0.717, 1.165) is 16.7 Å². The molecule has 0 aliphatic rings. The number of hydrazine groups is 2. The SMILES string of the molecule is O=C(O)CNC(=O)Cn1cnc2c(NC(=O)OCc3ccccc3)nc(NCCCCN=C(NNC(=O)OCc3ccccc3)NNC(=O)OCc3ccccc3)nc21. The Morgan fingerprint density at radius 2 is 1.22 bits per heavy atom. The lowest BCUT2D eigenvalue weighted by atomic mass is 10.2. The molecule has 3 aromatic carbocycles. The Kier molecular flexibility index (Phi) is 16.1. The number of fused-ring (bicyclic) bond motifs is 1. The van der Waals surface area contributed by atoms with Gasteiger partial charge in [-0.15, -0.1) is 0 Å². The maximum absolute atomic E-state index is 12.8. The Balaban J connectivity index is 1.18. The average Bonchev–Trinajstić information content (AvgIpc) is 3.65. The van der Waals surface area contributed by atoms with E-state index >= 15 is 0 Å². The minimum Gasteiger partial charge on any atom is -0.480 e. The number of anilines is 2. The average molecular weight is 811 g/mol. The van der Waals surface area contributed by atoms with Crippen LogP contribution in [0.4, 0.5) is 26.1 Å². The van der Waals surface area contributed by atoms with E-state index in [0.29, 0.717) is 19.4 Å². The van der Waals surface area contributed by atoms with Crippen LogP contribution in [0.1, 0.15) is 29.5 Å². The van der Waals surface area contributed by atoms with Gasteiger partial charge in [-0.3, -0.25) is 30.7 Å². The number of benzene rings is 3. The van der Waals surface area contributed by atoms with Crippen LogP contribution >= 0.6 is 0 Å². The second-order valence-corrected chi connectivity index (χ2v) is 12.3. The van der Waals surface area contributed by atoms with E-state index in [9.17, 15) is 24.0 Å². The van der Waals surface area contributed by atoms with Crippen molar-refractivity contribution in [1.29, 1.82) is 0 Å². The van der Waals surface area contributed by atoms with Gasteiger partial charge >= 0.3 is 24.2 Å². The lowest BCUT2D eigenvalue weighted by Gasteiger charge is -2.14. The highest BCUT2D eigenvalue weighted by atomic mass is 16.6. The monoisotopic (exact) mass is 810 g/mol. The minimum absolute atomic E-state index is 0.00223. The molecule has 21 heteroatoms. The standard InChI is InChI=1S/C38H42N12O9/c51-29(41-20-30(52)53)21-50-25-42-31-32(44-36(54)57-22-26-12-4-1-5-13-26)43-34(45-33(31)50)39-18-10-11-19-40-35(46-48-37(55)58-23-27-14-6-2-7-15-27)47-49-38(56)59-24-28-16-8-3-9-17-28/h1-9,12-17,25H,10-11,18-24H2,(H,41,51)(H,48,55)(H,49,56)(H,52,53)(H2,40,46,47)(H2,39,43,44,45,54). The predicted molar refractivity (Wildman–Crippen MR) is 212 cm³/mol. The number of imidazole rings is 1. The van der Waals surface area contributed by atoms with Crippen molar-refractivity contribution in [2.75, 3.05) is 30.3 Å². The minimum atomic E-state index is -1.20. The number of guanidine groups is 1. The Labute approximate surface area is 336 Å². The number of aromatic nitrogens is 4. The van der Waals surface area contributed by atoms with E-state index < -0.39 is 36.7 Å². The van der Waals surface area contributed by atoms with Crippen LogP contribution in [0.2, 0.25) is 0 Å². The zero-order valence-corrected chi connectivity index (χ0v) is 31.6. The number of carbonyl (C=O) groups excluding carboxylic acids is 4. The molecule has 0 fully saturated rings. The summed E-state index contributed by atoms with van der Waals surface area (Å²) in [6, 6.07) is 27.3. The van der Waals surface area contributed by atoms with Gasteiger partial charge in [0.1, 0.15) is 32.9 Å². The lowest BCUT2D eigenvalue weighted by molar-refractivity contribution is -0.138. The van der Waals surface area contributed by atoms with Crippen molar-refractivity contribution >= 4 is 59.0 Å². The van der Waals surface area contributed by atoms with Gasteiger partial charge in [0.25, 0.3) is 0 Å². The van der Waals surface area contributed by atoms with Crippen LogP contribution in [-0.4, -0.2) is 80.4 Å². The van der Waals surface area contributed by atoms with E-state index in [1.54, 1.807) is 12.1 Å². The molecule has 4 amide bonds. The number of hydrogen-bond donors (Lipinski definition) is 8. The van der Waals surface area contributed by atoms with Crippen molar-refractivity contribution in [2.45, 2.75) is 39.2 Å². The van der Waals surface area contributed by atoms with Crippen molar-refractivity contribution in [3.05, 3.63) is 114 Å². The summed E-state index contributed by atoms with van der Waals surface area (Å²) in [7, 11) is 0. The first-order valence-corrected chi connectivity index (χ1v) is 18.1. The summed E-state index contributed by atoms with van der Waals surface area (Å²) in [5.74, 6) is -1.72. The molecule has 0 saturated carbocycles. The highest BCUT2D eigenvalue weighted by Crippen LogP contribution is 2.21. The van der Waals surface area contributed by atoms with Crippen molar-refractivity contribution in [3.8, 4) is 0 Å². The first-order valence-electron chi connectivity index (χ1n) is 18.1. The van der Waals surface area contributed by atoms with Gasteiger partial charge in [-0.25, -0.2) is 30.2 Å². The summed E-state index contributed by atoms with van der Waals surface area (Å²) in [5.41, 5.74) is 12.6. The molecule has 21 nitrogen and oxygen atoms in total. The van der Waals surface area contributed by atoms with E-state index in [1.807, 2.05) is 78.9 Å².